The van der Waals surface area contributed by atoms with Gasteiger partial charge >= 0.3 is 0 Å². The number of benzene rings is 2. The summed E-state index contributed by atoms with van der Waals surface area (Å²) in [5.74, 6) is 1.86. The zero-order valence-corrected chi connectivity index (χ0v) is 12.4. The van der Waals surface area contributed by atoms with Gasteiger partial charge in [0, 0.05) is 12.2 Å². The van der Waals surface area contributed by atoms with Crippen molar-refractivity contribution in [3.8, 4) is 0 Å². The smallest absolute Gasteiger partial charge is 0.120 e. The molecule has 0 aromatic heterocycles. The van der Waals surface area contributed by atoms with Crippen LogP contribution in [0.4, 0.5) is 0 Å². The van der Waals surface area contributed by atoms with Gasteiger partial charge in [-0.05, 0) is 28.5 Å². The van der Waals surface area contributed by atoms with E-state index in [0.717, 1.165) is 37.4 Å². The first kappa shape index (κ1) is 15.1. The second kappa shape index (κ2) is 8.77. The van der Waals surface area contributed by atoms with Crippen molar-refractivity contribution in [1.82, 2.24) is 0 Å². The number of carbonyl (C=O) groups excluding carboxylic acids is 1. The van der Waals surface area contributed by atoms with E-state index < -0.39 is 0 Å². The van der Waals surface area contributed by atoms with Crippen molar-refractivity contribution >= 4 is 28.8 Å². The zero-order valence-electron chi connectivity index (χ0n) is 11.6. The third-order valence-electron chi connectivity index (χ3n) is 3.10. The lowest BCUT2D eigenvalue weighted by atomic mass is 10.1. The van der Waals surface area contributed by atoms with Crippen molar-refractivity contribution < 1.29 is 9.53 Å². The van der Waals surface area contributed by atoms with E-state index >= 15 is 0 Å². The summed E-state index contributed by atoms with van der Waals surface area (Å²) in [5, 5.41) is 2.57. The van der Waals surface area contributed by atoms with E-state index in [-0.39, 0.29) is 0 Å². The van der Waals surface area contributed by atoms with E-state index in [1.54, 1.807) is 11.8 Å². The highest BCUT2D eigenvalue weighted by Gasteiger charge is 1.97. The van der Waals surface area contributed by atoms with Crippen LogP contribution in [0.3, 0.4) is 0 Å². The molecule has 0 heterocycles. The molecule has 0 bridgehead atoms. The van der Waals surface area contributed by atoms with Crippen molar-refractivity contribution in [3.05, 3.63) is 48.0 Å². The van der Waals surface area contributed by atoms with E-state index in [1.165, 1.54) is 16.3 Å². The predicted octanol–water partition coefficient (Wildman–Crippen LogP) is 3.72. The second-order valence-corrected chi connectivity index (χ2v) is 5.84. The molecule has 0 radical (unpaired) electrons. The van der Waals surface area contributed by atoms with Gasteiger partial charge in [-0.1, -0.05) is 42.5 Å². The Labute approximate surface area is 124 Å². The minimum atomic E-state index is 0.641. The first-order chi connectivity index (χ1) is 9.90. The van der Waals surface area contributed by atoms with Gasteiger partial charge in [0.15, 0.2) is 0 Å². The van der Waals surface area contributed by atoms with Crippen LogP contribution in [0.5, 0.6) is 0 Å². The Kier molecular flexibility index (Phi) is 6.61. The standard InChI is InChI=1S/C17H20O2S/c18-9-3-12-20-13-11-19-10-8-15-6-7-16-4-1-2-5-17(16)14-15/h1-2,4-7,9,14H,3,8,10-13H2. The lowest BCUT2D eigenvalue weighted by Crippen LogP contribution is -2.02. The van der Waals surface area contributed by atoms with E-state index in [4.69, 9.17) is 4.74 Å². The van der Waals surface area contributed by atoms with Crippen LogP contribution in [0, 0.1) is 0 Å². The predicted molar refractivity (Wildman–Crippen MR) is 86.5 cm³/mol. The molecular weight excluding hydrogens is 268 g/mol. The van der Waals surface area contributed by atoms with Crippen molar-refractivity contribution in [3.63, 3.8) is 0 Å². The van der Waals surface area contributed by atoms with Crippen LogP contribution < -0.4 is 0 Å². The summed E-state index contributed by atoms with van der Waals surface area (Å²) in [4.78, 5) is 10.1. The van der Waals surface area contributed by atoms with E-state index in [2.05, 4.69) is 42.5 Å². The van der Waals surface area contributed by atoms with Crippen LogP contribution in [0.25, 0.3) is 10.8 Å². The summed E-state index contributed by atoms with van der Waals surface area (Å²) in [6.45, 7) is 1.52. The lowest BCUT2D eigenvalue weighted by molar-refractivity contribution is -0.107. The minimum absolute atomic E-state index is 0.641. The summed E-state index contributed by atoms with van der Waals surface area (Å²) >= 11 is 1.77. The normalized spacial score (nSPS) is 10.8. The summed E-state index contributed by atoms with van der Waals surface area (Å²) in [5.41, 5.74) is 1.32. The molecule has 2 aromatic rings. The molecular formula is C17H20O2S. The van der Waals surface area contributed by atoms with Crippen LogP contribution in [-0.2, 0) is 16.0 Å². The van der Waals surface area contributed by atoms with E-state index in [1.807, 2.05) is 0 Å². The number of ether oxygens (including phenoxy) is 1. The third kappa shape index (κ3) is 4.99. The Bertz CT molecular complexity index is 539. The molecule has 20 heavy (non-hydrogen) atoms. The van der Waals surface area contributed by atoms with Crippen molar-refractivity contribution in [2.24, 2.45) is 0 Å². The van der Waals surface area contributed by atoms with Gasteiger partial charge in [-0.3, -0.25) is 0 Å². The highest BCUT2D eigenvalue weighted by Crippen LogP contribution is 2.15. The molecule has 0 atom stereocenters. The molecule has 2 nitrogen and oxygen atoms in total. The fraction of sp³-hybridized carbons (Fsp3) is 0.353. The molecule has 0 N–H and O–H groups in total. The van der Waals surface area contributed by atoms with Crippen LogP contribution in [-0.4, -0.2) is 31.0 Å². The lowest BCUT2D eigenvalue weighted by Gasteiger charge is -2.05. The van der Waals surface area contributed by atoms with Gasteiger partial charge in [0.1, 0.15) is 6.29 Å². The first-order valence-electron chi connectivity index (χ1n) is 6.97. The maximum atomic E-state index is 10.1. The van der Waals surface area contributed by atoms with Gasteiger partial charge in [0.2, 0.25) is 0 Å². The van der Waals surface area contributed by atoms with E-state index in [0.29, 0.717) is 6.42 Å². The summed E-state index contributed by atoms with van der Waals surface area (Å²) in [6.07, 6.45) is 2.55. The van der Waals surface area contributed by atoms with Gasteiger partial charge in [0.05, 0.1) is 13.2 Å². The zero-order chi connectivity index (χ0) is 14.0. The maximum absolute atomic E-state index is 10.1. The average molecular weight is 288 g/mol. The summed E-state index contributed by atoms with van der Waals surface area (Å²) < 4.78 is 5.62. The fourth-order valence-corrected chi connectivity index (χ4v) is 2.74. The molecule has 0 amide bonds. The van der Waals surface area contributed by atoms with E-state index in [9.17, 15) is 4.79 Å². The molecule has 2 rings (SSSR count). The van der Waals surface area contributed by atoms with Crippen molar-refractivity contribution in [2.75, 3.05) is 24.7 Å². The van der Waals surface area contributed by atoms with Crippen LogP contribution in [0.1, 0.15) is 12.0 Å². The summed E-state index contributed by atoms with van der Waals surface area (Å²) in [7, 11) is 0. The van der Waals surface area contributed by atoms with Crippen LogP contribution in [0.2, 0.25) is 0 Å². The molecule has 0 saturated heterocycles. The average Bonchev–Trinajstić information content (AvgIpc) is 2.50. The van der Waals surface area contributed by atoms with Gasteiger partial charge in [0.25, 0.3) is 0 Å². The number of carbonyl (C=O) groups is 1. The summed E-state index contributed by atoms with van der Waals surface area (Å²) in [6, 6.07) is 15.0. The number of aldehydes is 1. The monoisotopic (exact) mass is 288 g/mol. The molecule has 3 heteroatoms. The quantitative estimate of drug-likeness (QED) is 0.519. The Morgan fingerprint density at radius 1 is 1.00 bits per heavy atom. The highest BCUT2D eigenvalue weighted by atomic mass is 32.2. The largest absolute Gasteiger partial charge is 0.380 e. The first-order valence-corrected chi connectivity index (χ1v) is 8.12. The number of rotatable bonds is 9. The number of hydrogen-bond acceptors (Lipinski definition) is 3. The molecule has 0 aliphatic heterocycles. The topological polar surface area (TPSA) is 26.3 Å². The molecule has 0 aliphatic carbocycles. The van der Waals surface area contributed by atoms with Gasteiger partial charge < -0.3 is 9.53 Å². The molecule has 106 valence electrons. The van der Waals surface area contributed by atoms with Crippen LogP contribution >= 0.6 is 11.8 Å². The van der Waals surface area contributed by atoms with Crippen molar-refractivity contribution in [2.45, 2.75) is 12.8 Å². The van der Waals surface area contributed by atoms with Crippen molar-refractivity contribution in [1.29, 1.82) is 0 Å². The van der Waals surface area contributed by atoms with Gasteiger partial charge in [-0.2, -0.15) is 11.8 Å². The number of fused-ring (bicyclic) bond motifs is 1. The second-order valence-electron chi connectivity index (χ2n) is 4.61. The Morgan fingerprint density at radius 2 is 1.85 bits per heavy atom. The van der Waals surface area contributed by atoms with Gasteiger partial charge in [-0.15, -0.1) is 0 Å². The minimum Gasteiger partial charge on any atom is -0.380 e. The third-order valence-corrected chi connectivity index (χ3v) is 4.08. The number of thioether (sulfide) groups is 1. The van der Waals surface area contributed by atoms with Gasteiger partial charge in [-0.25, -0.2) is 0 Å². The fourth-order valence-electron chi connectivity index (χ4n) is 2.04. The molecule has 0 spiro atoms. The molecule has 0 unspecified atom stereocenters. The molecule has 0 saturated carbocycles. The molecule has 2 aromatic carbocycles. The maximum Gasteiger partial charge on any atom is 0.120 e. The highest BCUT2D eigenvalue weighted by molar-refractivity contribution is 7.99. The Hall–Kier alpha value is -1.32. The molecule has 0 aliphatic rings. The Balaban J connectivity index is 1.66. The van der Waals surface area contributed by atoms with Crippen LogP contribution in [0.15, 0.2) is 42.5 Å². The molecule has 0 fully saturated rings. The number of hydrogen-bond donors (Lipinski definition) is 0. The SMILES string of the molecule is O=CCCSCCOCCc1ccc2ccccc2c1. The Morgan fingerprint density at radius 3 is 2.70 bits per heavy atom.